The van der Waals surface area contributed by atoms with Crippen LogP contribution in [-0.4, -0.2) is 39.0 Å². The number of aromatic nitrogens is 3. The lowest BCUT2D eigenvalue weighted by molar-refractivity contribution is 0.148. The van der Waals surface area contributed by atoms with Gasteiger partial charge in [-0.1, -0.05) is 18.2 Å². The van der Waals surface area contributed by atoms with E-state index in [1.54, 1.807) is 0 Å². The first-order valence-corrected chi connectivity index (χ1v) is 10.2. The van der Waals surface area contributed by atoms with Crippen molar-refractivity contribution in [3.63, 3.8) is 0 Å². The lowest BCUT2D eigenvalue weighted by Gasteiger charge is -2.36. The molecular weight excluding hydrogens is 334 g/mol. The summed E-state index contributed by atoms with van der Waals surface area (Å²) in [6.07, 6.45) is 8.06. The van der Waals surface area contributed by atoms with Crippen molar-refractivity contribution < 1.29 is 0 Å². The second-order valence-corrected chi connectivity index (χ2v) is 7.88. The highest BCUT2D eigenvalue weighted by molar-refractivity contribution is 5.74. The summed E-state index contributed by atoms with van der Waals surface area (Å²) in [5, 5.41) is 3.67. The summed E-state index contributed by atoms with van der Waals surface area (Å²) >= 11 is 0. The maximum Gasteiger partial charge on any atom is 0.121 e. The number of aryl methyl sites for hydroxylation is 1. The van der Waals surface area contributed by atoms with Crippen LogP contribution in [0.25, 0.3) is 11.0 Å². The first-order valence-electron chi connectivity index (χ1n) is 10.2. The quantitative estimate of drug-likeness (QED) is 0.729. The van der Waals surface area contributed by atoms with Crippen LogP contribution in [0.4, 0.5) is 0 Å². The number of rotatable bonds is 5. The molecule has 1 fully saturated rings. The van der Waals surface area contributed by atoms with E-state index in [-0.39, 0.29) is 0 Å². The van der Waals surface area contributed by atoms with Gasteiger partial charge in [-0.3, -0.25) is 9.88 Å². The van der Waals surface area contributed by atoms with Crippen molar-refractivity contribution in [2.24, 2.45) is 0 Å². The van der Waals surface area contributed by atoms with Gasteiger partial charge in [0, 0.05) is 18.8 Å². The molecule has 1 aliphatic carbocycles. The molecule has 5 heteroatoms. The number of nitrogens with one attached hydrogen (secondary N) is 2. The fraction of sp³-hybridized carbons (Fsp3) is 0.455. The zero-order valence-corrected chi connectivity index (χ0v) is 15.7. The van der Waals surface area contributed by atoms with Gasteiger partial charge < -0.3 is 10.3 Å². The molecule has 5 rings (SSSR count). The Morgan fingerprint density at radius 2 is 2.04 bits per heavy atom. The maximum absolute atomic E-state index is 4.84. The van der Waals surface area contributed by atoms with Gasteiger partial charge in [0.2, 0.25) is 0 Å². The van der Waals surface area contributed by atoms with Crippen LogP contribution in [-0.2, 0) is 13.0 Å². The predicted molar refractivity (Wildman–Crippen MR) is 107 cm³/mol. The third-order valence-electron chi connectivity index (χ3n) is 6.01. The minimum atomic E-state index is 0.380. The largest absolute Gasteiger partial charge is 0.341 e. The van der Waals surface area contributed by atoms with Crippen LogP contribution in [0.2, 0.25) is 0 Å². The summed E-state index contributed by atoms with van der Waals surface area (Å²) < 4.78 is 0. The molecule has 2 N–H and O–H groups in total. The Kier molecular flexibility index (Phi) is 4.64. The van der Waals surface area contributed by atoms with Crippen LogP contribution in [0.3, 0.4) is 0 Å². The van der Waals surface area contributed by atoms with E-state index in [1.807, 2.05) is 6.20 Å². The van der Waals surface area contributed by atoms with E-state index < -0.39 is 0 Å². The molecule has 5 nitrogen and oxygen atoms in total. The van der Waals surface area contributed by atoms with Crippen molar-refractivity contribution in [2.75, 3.05) is 13.1 Å². The van der Waals surface area contributed by atoms with E-state index in [1.165, 1.54) is 36.9 Å². The Morgan fingerprint density at radius 3 is 2.93 bits per heavy atom. The molecule has 3 heterocycles. The zero-order chi connectivity index (χ0) is 18.1. The summed E-state index contributed by atoms with van der Waals surface area (Å²) in [6, 6.07) is 13.6. The molecule has 0 spiro atoms. The van der Waals surface area contributed by atoms with Crippen LogP contribution in [0.5, 0.6) is 0 Å². The normalized spacial score (nSPS) is 22.4. The molecule has 2 aromatic heterocycles. The summed E-state index contributed by atoms with van der Waals surface area (Å²) in [4.78, 5) is 15.8. The summed E-state index contributed by atoms with van der Waals surface area (Å²) in [5.74, 6) is 1.05. The second-order valence-electron chi connectivity index (χ2n) is 7.88. The van der Waals surface area contributed by atoms with E-state index in [0.717, 1.165) is 42.9 Å². The Bertz CT molecular complexity index is 879. The van der Waals surface area contributed by atoms with E-state index in [2.05, 4.69) is 51.6 Å². The van der Waals surface area contributed by atoms with Gasteiger partial charge in [-0.25, -0.2) is 4.98 Å². The Balaban J connectivity index is 1.45. The molecule has 2 aliphatic rings. The molecule has 0 radical (unpaired) electrons. The van der Waals surface area contributed by atoms with Gasteiger partial charge >= 0.3 is 0 Å². The molecule has 1 saturated heterocycles. The lowest BCUT2D eigenvalue weighted by Crippen LogP contribution is -2.40. The number of para-hydroxylation sites is 2. The number of H-pyrrole nitrogens is 1. The minimum Gasteiger partial charge on any atom is -0.341 e. The van der Waals surface area contributed by atoms with E-state index in [0.29, 0.717) is 12.1 Å². The summed E-state index contributed by atoms with van der Waals surface area (Å²) in [7, 11) is 0. The molecule has 0 bridgehead atoms. The smallest absolute Gasteiger partial charge is 0.121 e. The Hall–Kier alpha value is -2.24. The third-order valence-corrected chi connectivity index (χ3v) is 6.01. The molecule has 2 atom stereocenters. The van der Waals surface area contributed by atoms with Crippen LogP contribution in [0.1, 0.15) is 48.8 Å². The number of aromatic amines is 1. The average molecular weight is 361 g/mol. The topological polar surface area (TPSA) is 56.8 Å². The first kappa shape index (κ1) is 16.9. The van der Waals surface area contributed by atoms with Crippen LogP contribution < -0.4 is 5.32 Å². The summed E-state index contributed by atoms with van der Waals surface area (Å²) in [5.41, 5.74) is 4.86. The van der Waals surface area contributed by atoms with Crippen molar-refractivity contribution in [2.45, 2.75) is 50.7 Å². The fourth-order valence-electron chi connectivity index (χ4n) is 4.71. The molecular formula is C22H27N5. The molecule has 0 saturated carbocycles. The number of hydrogen-bond donors (Lipinski definition) is 2. The molecule has 3 aromatic rings. The molecule has 0 amide bonds. The lowest BCUT2D eigenvalue weighted by atomic mass is 9.90. The van der Waals surface area contributed by atoms with Crippen LogP contribution in [0.15, 0.2) is 42.6 Å². The van der Waals surface area contributed by atoms with Crippen molar-refractivity contribution in [3.8, 4) is 0 Å². The summed E-state index contributed by atoms with van der Waals surface area (Å²) in [6.45, 7) is 3.04. The maximum atomic E-state index is 4.84. The Morgan fingerprint density at radius 1 is 1.07 bits per heavy atom. The second kappa shape index (κ2) is 7.41. The van der Waals surface area contributed by atoms with E-state index >= 15 is 0 Å². The van der Waals surface area contributed by atoms with Gasteiger partial charge in [-0.15, -0.1) is 0 Å². The van der Waals surface area contributed by atoms with Gasteiger partial charge in [0.1, 0.15) is 5.82 Å². The third kappa shape index (κ3) is 3.49. The number of fused-ring (bicyclic) bond motifs is 2. The van der Waals surface area contributed by atoms with E-state index in [9.17, 15) is 0 Å². The highest BCUT2D eigenvalue weighted by Crippen LogP contribution is 2.34. The van der Waals surface area contributed by atoms with Gasteiger partial charge in [-0.2, -0.15) is 0 Å². The zero-order valence-electron chi connectivity index (χ0n) is 15.7. The number of pyridine rings is 1. The van der Waals surface area contributed by atoms with Gasteiger partial charge in [0.05, 0.1) is 29.3 Å². The SMILES string of the molecule is c1cnc2c(c1)CCCC2N(Cc1nc2ccccc2[nH]1)CC1CCCN1. The monoisotopic (exact) mass is 361 g/mol. The molecule has 140 valence electrons. The van der Waals surface area contributed by atoms with E-state index in [4.69, 9.17) is 9.97 Å². The molecule has 1 aromatic carbocycles. The highest BCUT2D eigenvalue weighted by Gasteiger charge is 2.30. The van der Waals surface area contributed by atoms with Crippen molar-refractivity contribution >= 4 is 11.0 Å². The first-order chi connectivity index (χ1) is 13.4. The molecule has 27 heavy (non-hydrogen) atoms. The molecule has 2 unspecified atom stereocenters. The number of nitrogens with zero attached hydrogens (tertiary/aromatic N) is 3. The number of imidazole rings is 1. The molecule has 1 aliphatic heterocycles. The standard InChI is InChI=1S/C22H27N5/c1-2-10-19-18(9-1)25-21(26-19)15-27(14-17-8-5-12-23-17)20-11-3-6-16-7-4-13-24-22(16)20/h1-2,4,7,9-10,13,17,20,23H,3,5-6,8,11-12,14-15H2,(H,25,26). The Labute approximate surface area is 160 Å². The average Bonchev–Trinajstić information content (AvgIpc) is 3.36. The highest BCUT2D eigenvalue weighted by atomic mass is 15.2. The minimum absolute atomic E-state index is 0.380. The van der Waals surface area contributed by atoms with Crippen molar-refractivity contribution in [3.05, 3.63) is 59.7 Å². The number of hydrogen-bond acceptors (Lipinski definition) is 4. The fourth-order valence-corrected chi connectivity index (χ4v) is 4.71. The van der Waals surface area contributed by atoms with Crippen LogP contribution in [0, 0.1) is 0 Å². The van der Waals surface area contributed by atoms with Gasteiger partial charge in [-0.05, 0) is 62.4 Å². The predicted octanol–water partition coefficient (Wildman–Crippen LogP) is 3.59. The van der Waals surface area contributed by atoms with Crippen molar-refractivity contribution in [1.29, 1.82) is 0 Å². The van der Waals surface area contributed by atoms with Crippen LogP contribution >= 0.6 is 0 Å². The van der Waals surface area contributed by atoms with Gasteiger partial charge in [0.25, 0.3) is 0 Å². The number of benzene rings is 1. The van der Waals surface area contributed by atoms with Crippen molar-refractivity contribution in [1.82, 2.24) is 25.2 Å². The van der Waals surface area contributed by atoms with Gasteiger partial charge in [0.15, 0.2) is 0 Å².